The number of allylic oxidation sites excluding steroid dienone is 2. The molecule has 0 N–H and O–H groups in total. The van der Waals surface area contributed by atoms with Gasteiger partial charge >= 0.3 is 11.9 Å². The molecule has 5 heteroatoms. The monoisotopic (exact) mass is 366 g/mol. The zero-order valence-corrected chi connectivity index (χ0v) is 14.5. The Morgan fingerprint density at radius 3 is 2.41 bits per heavy atom. The third-order valence-electron chi connectivity index (χ3n) is 4.24. The molecule has 0 spiro atoms. The van der Waals surface area contributed by atoms with Gasteiger partial charge in [-0.15, -0.1) is 0 Å². The molecule has 0 fully saturated rings. The first-order valence-corrected chi connectivity index (χ1v) is 7.83. The van der Waals surface area contributed by atoms with Crippen LogP contribution in [-0.4, -0.2) is 26.2 Å². The number of hydrogen-bond donors (Lipinski definition) is 0. The average molecular weight is 367 g/mol. The number of ether oxygens (including phenoxy) is 2. The van der Waals surface area contributed by atoms with E-state index in [0.29, 0.717) is 6.42 Å². The first kappa shape index (κ1) is 16.7. The SMILES string of the molecule is COC(=O)C1(C(=O)OC)CC=C(C)CC1c1cccc(Br)c1. The molecule has 1 atom stereocenters. The Morgan fingerprint density at radius 2 is 1.86 bits per heavy atom. The van der Waals surface area contributed by atoms with Gasteiger partial charge in [-0.25, -0.2) is 0 Å². The minimum absolute atomic E-state index is 0.287. The standard InChI is InChI=1S/C17H19BrO4/c1-11-7-8-17(15(19)21-2,16(20)22-3)14(9-11)12-5-4-6-13(18)10-12/h4-7,10,14H,8-9H2,1-3H3. The summed E-state index contributed by atoms with van der Waals surface area (Å²) in [5.41, 5.74) is 0.732. The molecule has 1 aromatic rings. The van der Waals surface area contributed by atoms with E-state index in [1.165, 1.54) is 14.2 Å². The predicted molar refractivity (Wildman–Crippen MR) is 86.3 cm³/mol. The van der Waals surface area contributed by atoms with E-state index in [0.717, 1.165) is 15.6 Å². The fourth-order valence-electron chi connectivity index (χ4n) is 3.08. The van der Waals surface area contributed by atoms with Crippen LogP contribution in [0.4, 0.5) is 0 Å². The number of benzene rings is 1. The Balaban J connectivity index is 2.61. The second-order valence-corrected chi connectivity index (χ2v) is 6.44. The maximum atomic E-state index is 12.5. The van der Waals surface area contributed by atoms with Crippen LogP contribution in [0.5, 0.6) is 0 Å². The van der Waals surface area contributed by atoms with Gasteiger partial charge in [-0.05, 0) is 37.5 Å². The van der Waals surface area contributed by atoms with Gasteiger partial charge in [0.05, 0.1) is 14.2 Å². The summed E-state index contributed by atoms with van der Waals surface area (Å²) in [4.78, 5) is 25.0. The van der Waals surface area contributed by atoms with Crippen LogP contribution in [0.25, 0.3) is 0 Å². The van der Waals surface area contributed by atoms with Crippen molar-refractivity contribution in [2.24, 2.45) is 5.41 Å². The number of methoxy groups -OCH3 is 2. The molecule has 0 bridgehead atoms. The van der Waals surface area contributed by atoms with Crippen LogP contribution in [0.15, 0.2) is 40.4 Å². The highest BCUT2D eigenvalue weighted by Crippen LogP contribution is 2.48. The van der Waals surface area contributed by atoms with Crippen molar-refractivity contribution in [2.75, 3.05) is 14.2 Å². The number of carbonyl (C=O) groups is 2. The molecule has 0 amide bonds. The van der Waals surface area contributed by atoms with Gasteiger partial charge in [0, 0.05) is 10.4 Å². The van der Waals surface area contributed by atoms with E-state index < -0.39 is 17.4 Å². The van der Waals surface area contributed by atoms with Crippen molar-refractivity contribution in [3.8, 4) is 0 Å². The van der Waals surface area contributed by atoms with E-state index in [-0.39, 0.29) is 12.3 Å². The van der Waals surface area contributed by atoms with Crippen molar-refractivity contribution in [1.82, 2.24) is 0 Å². The van der Waals surface area contributed by atoms with Crippen LogP contribution in [-0.2, 0) is 19.1 Å². The average Bonchev–Trinajstić information content (AvgIpc) is 2.53. The lowest BCUT2D eigenvalue weighted by atomic mass is 9.64. The van der Waals surface area contributed by atoms with E-state index >= 15 is 0 Å². The summed E-state index contributed by atoms with van der Waals surface area (Å²) in [5.74, 6) is -1.41. The first-order chi connectivity index (χ1) is 10.5. The Labute approximate surface area is 138 Å². The van der Waals surface area contributed by atoms with Crippen LogP contribution in [0.3, 0.4) is 0 Å². The first-order valence-electron chi connectivity index (χ1n) is 7.03. The number of halogens is 1. The van der Waals surface area contributed by atoms with Crippen molar-refractivity contribution in [3.05, 3.63) is 46.0 Å². The zero-order chi connectivity index (χ0) is 16.3. The topological polar surface area (TPSA) is 52.6 Å². The van der Waals surface area contributed by atoms with Crippen LogP contribution in [0.2, 0.25) is 0 Å². The second kappa shape index (κ2) is 6.65. The number of carbonyl (C=O) groups excluding carboxylic acids is 2. The van der Waals surface area contributed by atoms with Gasteiger partial charge in [0.25, 0.3) is 0 Å². The van der Waals surface area contributed by atoms with E-state index in [9.17, 15) is 9.59 Å². The van der Waals surface area contributed by atoms with Gasteiger partial charge in [0.1, 0.15) is 0 Å². The van der Waals surface area contributed by atoms with Crippen molar-refractivity contribution >= 4 is 27.9 Å². The third-order valence-corrected chi connectivity index (χ3v) is 4.74. The van der Waals surface area contributed by atoms with Gasteiger partial charge in [-0.1, -0.05) is 39.7 Å². The molecule has 0 aromatic heterocycles. The molecule has 2 rings (SSSR count). The molecule has 0 saturated carbocycles. The van der Waals surface area contributed by atoms with Crippen LogP contribution in [0, 0.1) is 5.41 Å². The summed E-state index contributed by atoms with van der Waals surface area (Å²) in [5, 5.41) is 0. The highest BCUT2D eigenvalue weighted by molar-refractivity contribution is 9.10. The maximum Gasteiger partial charge on any atom is 0.324 e. The van der Waals surface area contributed by atoms with Gasteiger partial charge < -0.3 is 9.47 Å². The molecule has 1 aliphatic rings. The molecule has 0 aliphatic heterocycles. The second-order valence-electron chi connectivity index (χ2n) is 5.52. The van der Waals surface area contributed by atoms with Crippen LogP contribution >= 0.6 is 15.9 Å². The molecule has 1 aromatic carbocycles. The fourth-order valence-corrected chi connectivity index (χ4v) is 3.50. The Hall–Kier alpha value is -1.62. The summed E-state index contributed by atoms with van der Waals surface area (Å²) in [6.45, 7) is 2.00. The number of esters is 2. The van der Waals surface area contributed by atoms with Crippen LogP contribution < -0.4 is 0 Å². The minimum atomic E-state index is -1.33. The van der Waals surface area contributed by atoms with E-state index in [1.807, 2.05) is 37.3 Å². The van der Waals surface area contributed by atoms with Gasteiger partial charge in [-0.3, -0.25) is 9.59 Å². The predicted octanol–water partition coefficient (Wildman–Crippen LogP) is 3.61. The lowest BCUT2D eigenvalue weighted by Crippen LogP contribution is -2.47. The lowest BCUT2D eigenvalue weighted by molar-refractivity contribution is -0.171. The molecule has 22 heavy (non-hydrogen) atoms. The summed E-state index contributed by atoms with van der Waals surface area (Å²) in [7, 11) is 2.60. The molecule has 1 unspecified atom stereocenters. The highest BCUT2D eigenvalue weighted by Gasteiger charge is 2.55. The van der Waals surface area contributed by atoms with E-state index in [4.69, 9.17) is 9.47 Å². The van der Waals surface area contributed by atoms with E-state index in [2.05, 4.69) is 15.9 Å². The van der Waals surface area contributed by atoms with Crippen molar-refractivity contribution in [2.45, 2.75) is 25.7 Å². The normalized spacial score (nSPS) is 20.0. The van der Waals surface area contributed by atoms with Gasteiger partial charge in [-0.2, -0.15) is 0 Å². The van der Waals surface area contributed by atoms with Gasteiger partial charge in [0.15, 0.2) is 5.41 Å². The zero-order valence-electron chi connectivity index (χ0n) is 12.9. The smallest absolute Gasteiger partial charge is 0.324 e. The quantitative estimate of drug-likeness (QED) is 0.465. The summed E-state index contributed by atoms with van der Waals surface area (Å²) in [6.07, 6.45) is 2.82. The molecule has 0 saturated heterocycles. The van der Waals surface area contributed by atoms with Crippen LogP contribution in [0.1, 0.15) is 31.2 Å². The minimum Gasteiger partial charge on any atom is -0.468 e. The van der Waals surface area contributed by atoms with E-state index in [1.54, 1.807) is 0 Å². The van der Waals surface area contributed by atoms with Crippen molar-refractivity contribution < 1.29 is 19.1 Å². The molecular formula is C17H19BrO4. The molecule has 1 aliphatic carbocycles. The number of rotatable bonds is 3. The lowest BCUT2D eigenvalue weighted by Gasteiger charge is -2.38. The van der Waals surface area contributed by atoms with Crippen molar-refractivity contribution in [3.63, 3.8) is 0 Å². The molecule has 118 valence electrons. The maximum absolute atomic E-state index is 12.5. The van der Waals surface area contributed by atoms with Gasteiger partial charge in [0.2, 0.25) is 0 Å². The van der Waals surface area contributed by atoms with Crippen molar-refractivity contribution in [1.29, 1.82) is 0 Å². The highest BCUT2D eigenvalue weighted by atomic mass is 79.9. The molecule has 0 radical (unpaired) electrons. The summed E-state index contributed by atoms with van der Waals surface area (Å²) < 4.78 is 10.8. The Morgan fingerprint density at radius 1 is 1.23 bits per heavy atom. The largest absolute Gasteiger partial charge is 0.468 e. The fraction of sp³-hybridized carbons (Fsp3) is 0.412. The summed E-state index contributed by atoms with van der Waals surface area (Å²) >= 11 is 3.44. The third kappa shape index (κ3) is 2.82. The Kier molecular flexibility index (Phi) is 5.06. The Bertz CT molecular complexity index is 605. The summed E-state index contributed by atoms with van der Waals surface area (Å²) in [6, 6.07) is 7.66. The molecular weight excluding hydrogens is 348 g/mol. The molecule has 0 heterocycles. The molecule has 4 nitrogen and oxygen atoms in total. The number of hydrogen-bond acceptors (Lipinski definition) is 4.